The zero-order valence-corrected chi connectivity index (χ0v) is 8.63. The molecule has 0 saturated carbocycles. The molecule has 0 fully saturated rings. The topological polar surface area (TPSA) is 83.6 Å². The molecule has 0 bridgehead atoms. The van der Waals surface area contributed by atoms with Gasteiger partial charge in [0.05, 0.1) is 5.02 Å². The van der Waals surface area contributed by atoms with E-state index in [9.17, 15) is 18.7 Å². The third-order valence-electron chi connectivity index (χ3n) is 2.06. The summed E-state index contributed by atoms with van der Waals surface area (Å²) in [7, 11) is 0. The van der Waals surface area contributed by atoms with Crippen molar-refractivity contribution in [2.75, 3.05) is 6.54 Å². The number of hydrogen-bond acceptors (Lipinski definition) is 3. The van der Waals surface area contributed by atoms with Crippen LogP contribution in [0.4, 0.5) is 8.78 Å². The fraction of sp³-hybridized carbons (Fsp3) is 0.222. The van der Waals surface area contributed by atoms with Crippen molar-refractivity contribution in [3.63, 3.8) is 0 Å². The average molecular weight is 252 g/mol. The van der Waals surface area contributed by atoms with Crippen LogP contribution in [0.3, 0.4) is 0 Å². The van der Waals surface area contributed by atoms with Crippen molar-refractivity contribution in [2.24, 2.45) is 5.73 Å². The maximum absolute atomic E-state index is 13.5. The molecule has 4 nitrogen and oxygen atoms in total. The van der Waals surface area contributed by atoms with Crippen molar-refractivity contribution in [2.45, 2.75) is 5.92 Å². The Morgan fingerprint density at radius 2 is 2.12 bits per heavy atom. The predicted octanol–water partition coefficient (Wildman–Crippen LogP) is 1.45. The lowest BCUT2D eigenvalue weighted by molar-refractivity contribution is -0.138. The van der Waals surface area contributed by atoms with E-state index < -0.39 is 46.4 Å². The predicted molar refractivity (Wildman–Crippen MR) is 52.5 cm³/mol. The zero-order chi connectivity index (χ0) is 12.5. The highest BCUT2D eigenvalue weighted by Crippen LogP contribution is 2.34. The highest BCUT2D eigenvalue weighted by atomic mass is 35.5. The molecule has 88 valence electrons. The Morgan fingerprint density at radius 3 is 2.56 bits per heavy atom. The van der Waals surface area contributed by atoms with Crippen LogP contribution >= 0.6 is 11.6 Å². The van der Waals surface area contributed by atoms with Gasteiger partial charge in [-0.2, -0.15) is 0 Å². The highest BCUT2D eigenvalue weighted by Gasteiger charge is 2.28. The van der Waals surface area contributed by atoms with E-state index in [1.165, 1.54) is 0 Å². The molecule has 1 rings (SSSR count). The normalized spacial score (nSPS) is 12.5. The SMILES string of the molecule is NCC(C(=O)O)c1c(O)c(F)cc(Cl)c1F. The number of rotatable bonds is 3. The van der Waals surface area contributed by atoms with Gasteiger partial charge in [-0.1, -0.05) is 11.6 Å². The highest BCUT2D eigenvalue weighted by molar-refractivity contribution is 6.30. The molecule has 0 saturated heterocycles. The number of halogens is 3. The van der Waals surface area contributed by atoms with E-state index in [1.54, 1.807) is 0 Å². The molecule has 16 heavy (non-hydrogen) atoms. The van der Waals surface area contributed by atoms with Crippen LogP contribution in [-0.2, 0) is 4.79 Å². The smallest absolute Gasteiger partial charge is 0.312 e. The monoisotopic (exact) mass is 251 g/mol. The molecule has 0 aliphatic rings. The number of carboxylic acid groups (broad SMARTS) is 1. The second-order valence-corrected chi connectivity index (χ2v) is 3.45. The zero-order valence-electron chi connectivity index (χ0n) is 7.88. The van der Waals surface area contributed by atoms with Crippen molar-refractivity contribution in [3.05, 3.63) is 28.3 Å². The van der Waals surface area contributed by atoms with Crippen LogP contribution in [0.5, 0.6) is 5.75 Å². The van der Waals surface area contributed by atoms with Gasteiger partial charge in [0.15, 0.2) is 11.6 Å². The van der Waals surface area contributed by atoms with Gasteiger partial charge in [0.1, 0.15) is 11.7 Å². The van der Waals surface area contributed by atoms with Crippen LogP contribution in [-0.4, -0.2) is 22.7 Å². The third-order valence-corrected chi connectivity index (χ3v) is 2.34. The largest absolute Gasteiger partial charge is 0.505 e. The van der Waals surface area contributed by atoms with Crippen LogP contribution in [0, 0.1) is 11.6 Å². The van der Waals surface area contributed by atoms with E-state index in [-0.39, 0.29) is 0 Å². The van der Waals surface area contributed by atoms with Gasteiger partial charge in [-0.15, -0.1) is 0 Å². The lowest BCUT2D eigenvalue weighted by atomic mass is 9.97. The number of carboxylic acids is 1. The summed E-state index contributed by atoms with van der Waals surface area (Å²) >= 11 is 5.34. The lowest BCUT2D eigenvalue weighted by Gasteiger charge is -2.14. The fourth-order valence-electron chi connectivity index (χ4n) is 1.26. The minimum Gasteiger partial charge on any atom is -0.505 e. The number of carbonyl (C=O) groups is 1. The third kappa shape index (κ3) is 2.07. The molecule has 0 radical (unpaired) electrons. The summed E-state index contributed by atoms with van der Waals surface area (Å²) in [6.07, 6.45) is 0. The Labute approximate surface area is 94.3 Å². The molecule has 7 heteroatoms. The number of hydrogen-bond donors (Lipinski definition) is 3. The Balaban J connectivity index is 3.47. The second-order valence-electron chi connectivity index (χ2n) is 3.04. The Kier molecular flexibility index (Phi) is 3.66. The lowest BCUT2D eigenvalue weighted by Crippen LogP contribution is -2.22. The molecule has 1 aromatic carbocycles. The Bertz CT molecular complexity index is 413. The van der Waals surface area contributed by atoms with Crippen LogP contribution in [0.2, 0.25) is 5.02 Å². The van der Waals surface area contributed by atoms with Gasteiger partial charge in [0.2, 0.25) is 0 Å². The summed E-state index contributed by atoms with van der Waals surface area (Å²) in [6.45, 7) is -0.487. The maximum Gasteiger partial charge on any atom is 0.312 e. The van der Waals surface area contributed by atoms with Crippen LogP contribution in [0.25, 0.3) is 0 Å². The van der Waals surface area contributed by atoms with Gasteiger partial charge >= 0.3 is 5.97 Å². The van der Waals surface area contributed by atoms with Gasteiger partial charge < -0.3 is 15.9 Å². The van der Waals surface area contributed by atoms with E-state index in [2.05, 4.69) is 0 Å². The number of phenolic OH excluding ortho intramolecular Hbond substituents is 1. The maximum atomic E-state index is 13.5. The molecule has 1 atom stereocenters. The quantitative estimate of drug-likeness (QED) is 0.710. The van der Waals surface area contributed by atoms with Crippen LogP contribution < -0.4 is 5.73 Å². The summed E-state index contributed by atoms with van der Waals surface area (Å²) in [5.41, 5.74) is 4.38. The van der Waals surface area contributed by atoms with Crippen molar-refractivity contribution < 1.29 is 23.8 Å². The summed E-state index contributed by atoms with van der Waals surface area (Å²) in [4.78, 5) is 10.7. The summed E-state index contributed by atoms with van der Waals surface area (Å²) in [5, 5.41) is 17.4. The van der Waals surface area contributed by atoms with Gasteiger partial charge in [-0.25, -0.2) is 8.78 Å². The first kappa shape index (κ1) is 12.7. The molecule has 1 aromatic rings. The summed E-state index contributed by atoms with van der Waals surface area (Å²) < 4.78 is 26.5. The molecule has 0 aromatic heterocycles. The number of aliphatic carboxylic acids is 1. The Morgan fingerprint density at radius 1 is 1.56 bits per heavy atom. The molecular weight excluding hydrogens is 244 g/mol. The Hall–Kier alpha value is -1.40. The van der Waals surface area contributed by atoms with E-state index >= 15 is 0 Å². The molecule has 0 amide bonds. The fourth-order valence-corrected chi connectivity index (χ4v) is 1.46. The van der Waals surface area contributed by atoms with Crippen LogP contribution in [0.1, 0.15) is 11.5 Å². The van der Waals surface area contributed by atoms with Gasteiger partial charge in [0, 0.05) is 12.1 Å². The first-order valence-electron chi connectivity index (χ1n) is 4.19. The molecule has 0 heterocycles. The van der Waals surface area contributed by atoms with Gasteiger partial charge in [-0.3, -0.25) is 4.79 Å². The van der Waals surface area contributed by atoms with Gasteiger partial charge in [-0.05, 0) is 6.07 Å². The molecular formula is C9H8ClF2NO3. The molecule has 1 unspecified atom stereocenters. The first-order chi connectivity index (χ1) is 7.40. The first-order valence-corrected chi connectivity index (χ1v) is 4.57. The standard InChI is InChI=1S/C9H8ClF2NO3/c10-4-1-5(11)8(14)6(7(4)12)3(2-13)9(15)16/h1,3,14H,2,13H2,(H,15,16). The molecule has 0 aliphatic heterocycles. The minimum atomic E-state index is -1.55. The number of benzene rings is 1. The molecule has 0 aliphatic carbocycles. The molecule has 4 N–H and O–H groups in total. The summed E-state index contributed by atoms with van der Waals surface area (Å²) in [6, 6.07) is 0.561. The number of aromatic hydroxyl groups is 1. The van der Waals surface area contributed by atoms with Crippen LogP contribution in [0.15, 0.2) is 6.07 Å². The average Bonchev–Trinajstić information content (AvgIpc) is 2.21. The van der Waals surface area contributed by atoms with Gasteiger partial charge in [0.25, 0.3) is 0 Å². The van der Waals surface area contributed by atoms with Crippen molar-refractivity contribution in [1.82, 2.24) is 0 Å². The van der Waals surface area contributed by atoms with E-state index in [0.717, 1.165) is 0 Å². The van der Waals surface area contributed by atoms with E-state index in [4.69, 9.17) is 22.4 Å². The second kappa shape index (κ2) is 4.63. The minimum absolute atomic E-state index is 0.487. The summed E-state index contributed by atoms with van der Waals surface area (Å²) in [5.74, 6) is -6.48. The molecule has 0 spiro atoms. The number of nitrogens with two attached hydrogens (primary N) is 1. The number of phenols is 1. The van der Waals surface area contributed by atoms with Crippen molar-refractivity contribution >= 4 is 17.6 Å². The van der Waals surface area contributed by atoms with Crippen molar-refractivity contribution in [1.29, 1.82) is 0 Å². The van der Waals surface area contributed by atoms with E-state index in [1.807, 2.05) is 0 Å². The van der Waals surface area contributed by atoms with Crippen molar-refractivity contribution in [3.8, 4) is 5.75 Å². The van der Waals surface area contributed by atoms with E-state index in [0.29, 0.717) is 6.07 Å².